The van der Waals surface area contributed by atoms with Crippen molar-refractivity contribution in [1.29, 1.82) is 0 Å². The van der Waals surface area contributed by atoms with Crippen LogP contribution in [0.1, 0.15) is 17.4 Å². The summed E-state index contributed by atoms with van der Waals surface area (Å²) >= 11 is 0. The lowest BCUT2D eigenvalue weighted by molar-refractivity contribution is -0.153. The fourth-order valence-corrected chi connectivity index (χ4v) is 1.67. The second-order valence-corrected chi connectivity index (χ2v) is 4.01. The first-order valence-corrected chi connectivity index (χ1v) is 5.72. The van der Waals surface area contributed by atoms with Crippen LogP contribution < -0.4 is 5.32 Å². The predicted molar refractivity (Wildman–Crippen MR) is 65.0 cm³/mol. The molecule has 1 unspecified atom stereocenters. The molecule has 2 rings (SSSR count). The van der Waals surface area contributed by atoms with Gasteiger partial charge in [0.05, 0.1) is 18.5 Å². The maximum absolute atomic E-state index is 12.0. The number of aromatic nitrogens is 3. The average molecular weight is 286 g/mol. The summed E-state index contributed by atoms with van der Waals surface area (Å²) in [6.07, 6.45) is 1.84. The molecule has 108 valence electrons. The van der Waals surface area contributed by atoms with Gasteiger partial charge in [-0.3, -0.25) is 0 Å². The van der Waals surface area contributed by atoms with Crippen molar-refractivity contribution >= 4 is 17.3 Å². The zero-order chi connectivity index (χ0) is 14.7. The molecule has 0 aliphatic heterocycles. The predicted octanol–water partition coefficient (Wildman–Crippen LogP) is 1.47. The number of aromatic carboxylic acids is 1. The van der Waals surface area contributed by atoms with E-state index in [1.807, 2.05) is 0 Å². The van der Waals surface area contributed by atoms with Crippen LogP contribution in [0, 0.1) is 0 Å². The molecule has 1 atom stereocenters. The van der Waals surface area contributed by atoms with E-state index in [4.69, 9.17) is 5.11 Å². The van der Waals surface area contributed by atoms with Crippen LogP contribution in [0.4, 0.5) is 14.6 Å². The topological polar surface area (TPSA) is 88.8 Å². The molecule has 2 aromatic rings. The number of ether oxygens (including phenoxy) is 1. The van der Waals surface area contributed by atoms with Gasteiger partial charge in [0.25, 0.3) is 0 Å². The van der Waals surface area contributed by atoms with Crippen molar-refractivity contribution in [2.24, 2.45) is 0 Å². The summed E-state index contributed by atoms with van der Waals surface area (Å²) < 4.78 is 29.5. The quantitative estimate of drug-likeness (QED) is 0.836. The summed E-state index contributed by atoms with van der Waals surface area (Å²) in [7, 11) is 0. The van der Waals surface area contributed by atoms with Crippen molar-refractivity contribution in [1.82, 2.24) is 14.6 Å². The van der Waals surface area contributed by atoms with Gasteiger partial charge < -0.3 is 15.2 Å². The normalized spacial score (nSPS) is 12.8. The number of hydrogen-bond donors (Lipinski definition) is 2. The van der Waals surface area contributed by atoms with Gasteiger partial charge in [-0.05, 0) is 13.0 Å². The van der Waals surface area contributed by atoms with E-state index in [1.165, 1.54) is 17.6 Å². The highest BCUT2D eigenvalue weighted by Gasteiger charge is 2.15. The minimum absolute atomic E-state index is 0.0903. The SMILES string of the molecule is CC(CNc1ncc(C(=O)O)n2nccc12)OC(F)F. The summed E-state index contributed by atoms with van der Waals surface area (Å²) in [6.45, 7) is -1.26. The van der Waals surface area contributed by atoms with Gasteiger partial charge in [0.15, 0.2) is 11.5 Å². The van der Waals surface area contributed by atoms with E-state index >= 15 is 0 Å². The van der Waals surface area contributed by atoms with Crippen molar-refractivity contribution in [2.45, 2.75) is 19.6 Å². The molecule has 0 amide bonds. The molecule has 9 heteroatoms. The smallest absolute Gasteiger partial charge is 0.356 e. The van der Waals surface area contributed by atoms with Gasteiger partial charge in [0, 0.05) is 6.54 Å². The molecule has 7 nitrogen and oxygen atoms in total. The average Bonchev–Trinajstić information content (AvgIpc) is 2.83. The van der Waals surface area contributed by atoms with Crippen LogP contribution in [0.5, 0.6) is 0 Å². The molecule has 0 aliphatic rings. The number of anilines is 1. The lowest BCUT2D eigenvalue weighted by Crippen LogP contribution is -2.23. The van der Waals surface area contributed by atoms with E-state index in [0.29, 0.717) is 11.3 Å². The van der Waals surface area contributed by atoms with E-state index in [0.717, 1.165) is 6.20 Å². The Labute approximate surface area is 112 Å². The summed E-state index contributed by atoms with van der Waals surface area (Å²) in [4.78, 5) is 14.9. The molecule has 0 saturated heterocycles. The number of carbonyl (C=O) groups is 1. The van der Waals surface area contributed by atoms with E-state index in [-0.39, 0.29) is 12.2 Å². The molecule has 0 aromatic carbocycles. The van der Waals surface area contributed by atoms with Gasteiger partial charge >= 0.3 is 12.6 Å². The number of hydrogen-bond acceptors (Lipinski definition) is 5. The summed E-state index contributed by atoms with van der Waals surface area (Å²) in [5, 5.41) is 15.7. The summed E-state index contributed by atoms with van der Waals surface area (Å²) in [5.41, 5.74) is 0.349. The van der Waals surface area contributed by atoms with Gasteiger partial charge in [0.1, 0.15) is 5.52 Å². The fraction of sp³-hybridized carbons (Fsp3) is 0.364. The maximum Gasteiger partial charge on any atom is 0.356 e. The molecular weight excluding hydrogens is 274 g/mol. The Morgan fingerprint density at radius 1 is 1.60 bits per heavy atom. The van der Waals surface area contributed by atoms with Crippen LogP contribution >= 0.6 is 0 Å². The molecule has 0 saturated carbocycles. The van der Waals surface area contributed by atoms with Crippen molar-refractivity contribution in [3.8, 4) is 0 Å². The number of carboxylic acid groups (broad SMARTS) is 1. The van der Waals surface area contributed by atoms with Gasteiger partial charge in [-0.1, -0.05) is 0 Å². The number of rotatable bonds is 6. The van der Waals surface area contributed by atoms with Crippen LogP contribution in [0.15, 0.2) is 18.5 Å². The first kappa shape index (κ1) is 14.1. The lowest BCUT2D eigenvalue weighted by atomic mass is 10.3. The molecule has 0 aliphatic carbocycles. The Kier molecular flexibility index (Phi) is 4.08. The Morgan fingerprint density at radius 3 is 3.00 bits per heavy atom. The first-order chi connectivity index (χ1) is 9.49. The largest absolute Gasteiger partial charge is 0.476 e. The number of fused-ring (bicyclic) bond motifs is 1. The highest BCUT2D eigenvalue weighted by Crippen LogP contribution is 2.15. The Balaban J connectivity index is 2.17. The molecule has 0 spiro atoms. The van der Waals surface area contributed by atoms with E-state index in [1.54, 1.807) is 6.07 Å². The highest BCUT2D eigenvalue weighted by atomic mass is 19.3. The van der Waals surface area contributed by atoms with E-state index in [9.17, 15) is 13.6 Å². The summed E-state index contributed by atoms with van der Waals surface area (Å²) in [6, 6.07) is 1.57. The van der Waals surface area contributed by atoms with Crippen LogP contribution in [0.25, 0.3) is 5.52 Å². The third kappa shape index (κ3) is 2.99. The second-order valence-electron chi connectivity index (χ2n) is 4.01. The summed E-state index contributed by atoms with van der Waals surface area (Å²) in [5.74, 6) is -0.815. The van der Waals surface area contributed by atoms with Gasteiger partial charge in [-0.25, -0.2) is 14.3 Å². The second kappa shape index (κ2) is 5.78. The number of halogens is 2. The van der Waals surface area contributed by atoms with Crippen LogP contribution in [0.3, 0.4) is 0 Å². The minimum Gasteiger partial charge on any atom is -0.476 e. The Morgan fingerprint density at radius 2 is 2.35 bits per heavy atom. The van der Waals surface area contributed by atoms with Gasteiger partial charge in [0.2, 0.25) is 0 Å². The minimum atomic E-state index is -2.84. The highest BCUT2D eigenvalue weighted by molar-refractivity contribution is 5.87. The monoisotopic (exact) mass is 286 g/mol. The number of alkyl halides is 2. The first-order valence-electron chi connectivity index (χ1n) is 5.72. The van der Waals surface area contributed by atoms with Gasteiger partial charge in [-0.15, -0.1) is 0 Å². The van der Waals surface area contributed by atoms with Gasteiger partial charge in [-0.2, -0.15) is 13.9 Å². The number of nitrogens with one attached hydrogen (secondary N) is 1. The lowest BCUT2D eigenvalue weighted by Gasteiger charge is -2.14. The molecule has 2 heterocycles. The maximum atomic E-state index is 12.0. The van der Waals surface area contributed by atoms with E-state index in [2.05, 4.69) is 20.1 Å². The van der Waals surface area contributed by atoms with Crippen molar-refractivity contribution < 1.29 is 23.4 Å². The van der Waals surface area contributed by atoms with Crippen molar-refractivity contribution in [2.75, 3.05) is 11.9 Å². The van der Waals surface area contributed by atoms with Crippen molar-refractivity contribution in [3.05, 3.63) is 24.2 Å². The third-order valence-corrected chi connectivity index (χ3v) is 2.54. The Bertz CT molecular complexity index is 617. The standard InChI is InChI=1S/C11H12F2N4O3/c1-6(20-11(12)13)4-14-9-7-2-3-16-17(7)8(5-15-9)10(18)19/h2-3,5-6,11H,4H2,1H3,(H,14,15)(H,18,19). The zero-order valence-electron chi connectivity index (χ0n) is 10.5. The van der Waals surface area contributed by atoms with Crippen LogP contribution in [0.2, 0.25) is 0 Å². The van der Waals surface area contributed by atoms with Crippen LogP contribution in [-0.4, -0.2) is 44.9 Å². The van der Waals surface area contributed by atoms with Crippen LogP contribution in [-0.2, 0) is 4.74 Å². The molecule has 0 fully saturated rings. The zero-order valence-corrected chi connectivity index (χ0v) is 10.5. The molecule has 2 N–H and O–H groups in total. The van der Waals surface area contributed by atoms with E-state index < -0.39 is 18.7 Å². The fourth-order valence-electron chi connectivity index (χ4n) is 1.67. The van der Waals surface area contributed by atoms with Crippen molar-refractivity contribution in [3.63, 3.8) is 0 Å². The molecular formula is C11H12F2N4O3. The molecule has 0 radical (unpaired) electrons. The number of nitrogens with zero attached hydrogens (tertiary/aromatic N) is 3. The number of carboxylic acids is 1. The third-order valence-electron chi connectivity index (χ3n) is 2.54. The molecule has 2 aromatic heterocycles. The Hall–Kier alpha value is -2.29. The molecule has 20 heavy (non-hydrogen) atoms. The molecule has 0 bridgehead atoms.